The summed E-state index contributed by atoms with van der Waals surface area (Å²) in [4.78, 5) is 25.7. The largest absolute Gasteiger partial charge is 0.457 e. The van der Waals surface area contributed by atoms with E-state index in [-0.39, 0.29) is 23.9 Å². The molecule has 1 N–H and O–H groups in total. The molecule has 1 aromatic heterocycles. The number of rotatable bonds is 5. The monoisotopic (exact) mass is 328 g/mol. The van der Waals surface area contributed by atoms with Crippen LogP contribution in [0, 0.1) is 0 Å². The predicted molar refractivity (Wildman–Crippen MR) is 95.4 cm³/mol. The van der Waals surface area contributed by atoms with Crippen LogP contribution >= 0.6 is 0 Å². The lowest BCUT2D eigenvalue weighted by molar-refractivity contribution is -0.132. The molecule has 0 saturated heterocycles. The first-order valence-electron chi connectivity index (χ1n) is 8.05. The average molecular weight is 328 g/mol. The Morgan fingerprint density at radius 3 is 2.58 bits per heavy atom. The van der Waals surface area contributed by atoms with E-state index in [2.05, 4.69) is 5.32 Å². The third kappa shape index (κ3) is 4.98. The van der Waals surface area contributed by atoms with Gasteiger partial charge in [-0.05, 0) is 45.9 Å². The number of likely N-dealkylation sites (N-methyl/N-ethyl adjacent to an activating group) is 1. The van der Waals surface area contributed by atoms with E-state index in [0.29, 0.717) is 12.3 Å². The third-order valence-electron chi connectivity index (χ3n) is 3.38. The van der Waals surface area contributed by atoms with Crippen molar-refractivity contribution in [3.05, 3.63) is 42.2 Å². The summed E-state index contributed by atoms with van der Waals surface area (Å²) in [7, 11) is 0. The lowest BCUT2D eigenvalue weighted by atomic mass is 10.1. The van der Waals surface area contributed by atoms with Crippen LogP contribution in [0.4, 0.5) is 0 Å². The minimum Gasteiger partial charge on any atom is -0.457 e. The van der Waals surface area contributed by atoms with Gasteiger partial charge in [-0.3, -0.25) is 9.59 Å². The average Bonchev–Trinajstić information content (AvgIpc) is 2.91. The molecule has 0 aliphatic heterocycles. The Hall–Kier alpha value is -2.56. The van der Waals surface area contributed by atoms with Crippen molar-refractivity contribution >= 4 is 28.9 Å². The van der Waals surface area contributed by atoms with Crippen LogP contribution in [0.15, 0.2) is 40.8 Å². The summed E-state index contributed by atoms with van der Waals surface area (Å²) in [5.41, 5.74) is 0.463. The molecule has 0 spiro atoms. The van der Waals surface area contributed by atoms with Crippen LogP contribution in [0.2, 0.25) is 0 Å². The first-order valence-corrected chi connectivity index (χ1v) is 8.05. The van der Waals surface area contributed by atoms with Crippen molar-refractivity contribution in [2.45, 2.75) is 33.2 Å². The minimum atomic E-state index is -0.316. The molecule has 2 rings (SSSR count). The zero-order valence-electron chi connectivity index (χ0n) is 14.6. The van der Waals surface area contributed by atoms with Gasteiger partial charge in [0.15, 0.2) is 0 Å². The Kier molecular flexibility index (Phi) is 5.44. The zero-order valence-corrected chi connectivity index (χ0v) is 14.6. The fourth-order valence-electron chi connectivity index (χ4n) is 2.32. The third-order valence-corrected chi connectivity index (χ3v) is 3.38. The minimum absolute atomic E-state index is 0.0388. The maximum absolute atomic E-state index is 12.3. The molecule has 0 fully saturated rings. The van der Waals surface area contributed by atoms with Crippen molar-refractivity contribution < 1.29 is 14.0 Å². The van der Waals surface area contributed by atoms with Gasteiger partial charge in [-0.25, -0.2) is 0 Å². The van der Waals surface area contributed by atoms with Crippen LogP contribution < -0.4 is 5.32 Å². The summed E-state index contributed by atoms with van der Waals surface area (Å²) in [5, 5.41) is 3.84. The van der Waals surface area contributed by atoms with Gasteiger partial charge < -0.3 is 14.6 Å². The Morgan fingerprint density at radius 1 is 1.25 bits per heavy atom. The van der Waals surface area contributed by atoms with E-state index >= 15 is 0 Å². The Labute approximate surface area is 142 Å². The molecular weight excluding hydrogens is 304 g/mol. The molecule has 0 atom stereocenters. The van der Waals surface area contributed by atoms with Crippen molar-refractivity contribution in [1.82, 2.24) is 10.2 Å². The molecule has 2 aromatic rings. The van der Waals surface area contributed by atoms with Crippen LogP contribution in [0.25, 0.3) is 17.0 Å². The van der Waals surface area contributed by atoms with E-state index in [0.717, 1.165) is 11.0 Å². The zero-order chi connectivity index (χ0) is 17.7. The number of benzene rings is 1. The fraction of sp³-hybridized carbons (Fsp3) is 0.368. The van der Waals surface area contributed by atoms with Gasteiger partial charge in [0.05, 0.1) is 6.54 Å². The lowest BCUT2D eigenvalue weighted by Crippen LogP contribution is -2.47. The Balaban J connectivity index is 2.01. The second-order valence-corrected chi connectivity index (χ2v) is 6.67. The van der Waals surface area contributed by atoms with Crippen molar-refractivity contribution in [3.8, 4) is 0 Å². The first-order chi connectivity index (χ1) is 11.3. The van der Waals surface area contributed by atoms with Crippen LogP contribution in [0.3, 0.4) is 0 Å². The fourth-order valence-corrected chi connectivity index (χ4v) is 2.32. The number of para-hydroxylation sites is 1. The van der Waals surface area contributed by atoms with Crippen LogP contribution in [-0.2, 0) is 9.59 Å². The normalized spacial score (nSPS) is 11.8. The van der Waals surface area contributed by atoms with Gasteiger partial charge in [-0.1, -0.05) is 18.2 Å². The molecule has 1 aromatic carbocycles. The molecule has 128 valence electrons. The van der Waals surface area contributed by atoms with Gasteiger partial charge in [0.2, 0.25) is 11.8 Å². The van der Waals surface area contributed by atoms with Gasteiger partial charge in [0.1, 0.15) is 11.3 Å². The van der Waals surface area contributed by atoms with E-state index in [1.54, 1.807) is 6.08 Å². The summed E-state index contributed by atoms with van der Waals surface area (Å²) < 4.78 is 5.64. The van der Waals surface area contributed by atoms with Crippen molar-refractivity contribution in [3.63, 3.8) is 0 Å². The number of hydrogen-bond donors (Lipinski definition) is 1. The van der Waals surface area contributed by atoms with Gasteiger partial charge in [-0.2, -0.15) is 0 Å². The van der Waals surface area contributed by atoms with E-state index < -0.39 is 0 Å². The Bertz CT molecular complexity index is 720. The maximum Gasteiger partial charge on any atom is 0.247 e. The standard InChI is InChI=1S/C19H24N2O3/c1-5-21(13-17(22)20-19(2,3)4)18(23)11-10-15-12-14-8-6-7-9-16(14)24-15/h6-12H,5,13H2,1-4H3,(H,20,22). The number of nitrogens with zero attached hydrogens (tertiary/aromatic N) is 1. The van der Waals surface area contributed by atoms with E-state index in [1.807, 2.05) is 58.0 Å². The lowest BCUT2D eigenvalue weighted by Gasteiger charge is -2.24. The molecule has 0 unspecified atom stereocenters. The number of carbonyl (C=O) groups is 2. The van der Waals surface area contributed by atoms with Gasteiger partial charge in [0, 0.05) is 23.5 Å². The van der Waals surface area contributed by atoms with Crippen molar-refractivity contribution in [2.24, 2.45) is 0 Å². The van der Waals surface area contributed by atoms with Gasteiger partial charge >= 0.3 is 0 Å². The summed E-state index contributed by atoms with van der Waals surface area (Å²) >= 11 is 0. The highest BCUT2D eigenvalue weighted by atomic mass is 16.3. The number of fused-ring (bicyclic) bond motifs is 1. The Morgan fingerprint density at radius 2 is 1.96 bits per heavy atom. The van der Waals surface area contributed by atoms with E-state index in [9.17, 15) is 9.59 Å². The molecule has 24 heavy (non-hydrogen) atoms. The quantitative estimate of drug-likeness (QED) is 0.857. The molecule has 0 radical (unpaired) electrons. The molecule has 0 saturated carbocycles. The van der Waals surface area contributed by atoms with E-state index in [1.165, 1.54) is 11.0 Å². The van der Waals surface area contributed by atoms with Gasteiger partial charge in [0.25, 0.3) is 0 Å². The van der Waals surface area contributed by atoms with Gasteiger partial charge in [-0.15, -0.1) is 0 Å². The summed E-state index contributed by atoms with van der Waals surface area (Å²) in [6, 6.07) is 9.54. The molecule has 5 nitrogen and oxygen atoms in total. The number of carbonyl (C=O) groups excluding carboxylic acids is 2. The van der Waals surface area contributed by atoms with Crippen molar-refractivity contribution in [1.29, 1.82) is 0 Å². The molecule has 2 amide bonds. The number of hydrogen-bond acceptors (Lipinski definition) is 3. The summed E-state index contributed by atoms with van der Waals surface area (Å²) in [6.07, 6.45) is 3.07. The molecule has 1 heterocycles. The van der Waals surface area contributed by atoms with Crippen LogP contribution in [0.5, 0.6) is 0 Å². The number of nitrogens with one attached hydrogen (secondary N) is 1. The smallest absolute Gasteiger partial charge is 0.247 e. The number of amides is 2. The predicted octanol–water partition coefficient (Wildman–Crippen LogP) is 3.21. The highest BCUT2D eigenvalue weighted by Crippen LogP contribution is 2.19. The van der Waals surface area contributed by atoms with Crippen LogP contribution in [-0.4, -0.2) is 35.3 Å². The topological polar surface area (TPSA) is 62.6 Å². The first kappa shape index (κ1) is 17.8. The maximum atomic E-state index is 12.3. The molecule has 0 bridgehead atoms. The molecular formula is C19H24N2O3. The second kappa shape index (κ2) is 7.34. The SMILES string of the molecule is CCN(CC(=O)NC(C)(C)C)C(=O)C=Cc1cc2ccccc2o1. The van der Waals surface area contributed by atoms with Crippen LogP contribution in [0.1, 0.15) is 33.5 Å². The van der Waals surface area contributed by atoms with E-state index in [4.69, 9.17) is 4.42 Å². The number of furan rings is 1. The highest BCUT2D eigenvalue weighted by molar-refractivity contribution is 5.94. The molecule has 0 aliphatic rings. The summed E-state index contributed by atoms with van der Waals surface area (Å²) in [5.74, 6) is 0.219. The van der Waals surface area contributed by atoms with Crippen molar-refractivity contribution in [2.75, 3.05) is 13.1 Å². The summed E-state index contributed by atoms with van der Waals surface area (Å²) in [6.45, 7) is 8.06. The molecule has 5 heteroatoms. The molecule has 0 aliphatic carbocycles. The highest BCUT2D eigenvalue weighted by Gasteiger charge is 2.18. The second-order valence-electron chi connectivity index (χ2n) is 6.67.